The lowest BCUT2D eigenvalue weighted by molar-refractivity contribution is -0.0366. The number of hydrogen-bond acceptors (Lipinski definition) is 2. The number of benzene rings is 1. The Morgan fingerprint density at radius 2 is 2.23 bits per heavy atom. The van der Waals surface area contributed by atoms with Crippen molar-refractivity contribution in [1.29, 1.82) is 0 Å². The van der Waals surface area contributed by atoms with Gasteiger partial charge >= 0.3 is 0 Å². The van der Waals surface area contributed by atoms with Gasteiger partial charge in [-0.15, -0.1) is 0 Å². The predicted molar refractivity (Wildman–Crippen MR) is 92.2 cm³/mol. The molecule has 0 saturated carbocycles. The van der Waals surface area contributed by atoms with Crippen molar-refractivity contribution in [3.63, 3.8) is 0 Å². The van der Waals surface area contributed by atoms with Crippen LogP contribution in [0.2, 0.25) is 0 Å². The van der Waals surface area contributed by atoms with Gasteiger partial charge in [0.15, 0.2) is 6.23 Å². The Bertz CT molecular complexity index is 688. The highest BCUT2D eigenvalue weighted by molar-refractivity contribution is 9.10. The third-order valence-corrected chi connectivity index (χ3v) is 6.15. The monoisotopic (exact) mass is 362 g/mol. The second kappa shape index (κ2) is 5.97. The zero-order valence-electron chi connectivity index (χ0n) is 13.1. The van der Waals surface area contributed by atoms with E-state index >= 15 is 0 Å². The minimum absolute atomic E-state index is 0.113. The minimum Gasteiger partial charge on any atom is -0.356 e. The molecule has 0 N–H and O–H groups in total. The number of fused-ring (bicyclic) bond motifs is 2. The Balaban J connectivity index is 1.85. The van der Waals surface area contributed by atoms with Crippen LogP contribution in [0.4, 0.5) is 0 Å². The van der Waals surface area contributed by atoms with Crippen LogP contribution in [-0.4, -0.2) is 16.4 Å². The third-order valence-electron chi connectivity index (χ3n) is 5.29. The largest absolute Gasteiger partial charge is 0.356 e. The standard InChI is InChI=1S/C18H23BrN2O/c1-2-12-6-5-7-13-10-15-14(18(19)17(12)13)11-20-21(15)16-8-3-4-9-22-16/h10-12,16H,2-9H2,1H3/t12-,16?/m1/s1. The van der Waals surface area contributed by atoms with Crippen LogP contribution in [0.25, 0.3) is 10.9 Å². The molecule has 4 heteroatoms. The molecule has 0 spiro atoms. The van der Waals surface area contributed by atoms with Gasteiger partial charge in [-0.2, -0.15) is 5.10 Å². The van der Waals surface area contributed by atoms with Crippen molar-refractivity contribution < 1.29 is 4.74 Å². The van der Waals surface area contributed by atoms with Crippen LogP contribution in [-0.2, 0) is 11.2 Å². The quantitative estimate of drug-likeness (QED) is 0.721. The molecular formula is C18H23BrN2O. The van der Waals surface area contributed by atoms with Crippen molar-refractivity contribution >= 4 is 26.8 Å². The average Bonchev–Trinajstić information content (AvgIpc) is 2.99. The fourth-order valence-electron chi connectivity index (χ4n) is 4.10. The Morgan fingerprint density at radius 3 is 3.00 bits per heavy atom. The average molecular weight is 363 g/mol. The zero-order chi connectivity index (χ0) is 15.1. The predicted octanol–water partition coefficient (Wildman–Crippen LogP) is 5.33. The number of ether oxygens (including phenoxy) is 1. The summed E-state index contributed by atoms with van der Waals surface area (Å²) in [5, 5.41) is 5.91. The lowest BCUT2D eigenvalue weighted by Gasteiger charge is -2.27. The smallest absolute Gasteiger partial charge is 0.150 e. The van der Waals surface area contributed by atoms with E-state index in [9.17, 15) is 0 Å². The van der Waals surface area contributed by atoms with Crippen LogP contribution < -0.4 is 0 Å². The molecule has 1 fully saturated rings. The van der Waals surface area contributed by atoms with E-state index in [0.717, 1.165) is 13.0 Å². The molecule has 2 aromatic rings. The molecule has 1 saturated heterocycles. The topological polar surface area (TPSA) is 27.1 Å². The molecular weight excluding hydrogens is 340 g/mol. The maximum Gasteiger partial charge on any atom is 0.150 e. The Kier molecular flexibility index (Phi) is 3.99. The second-order valence-corrected chi connectivity index (χ2v) is 7.40. The van der Waals surface area contributed by atoms with Gasteiger partial charge in [-0.25, -0.2) is 4.68 Å². The van der Waals surface area contributed by atoms with Crippen LogP contribution in [0.5, 0.6) is 0 Å². The van der Waals surface area contributed by atoms with Gasteiger partial charge in [0.05, 0.1) is 11.7 Å². The Hall–Kier alpha value is -0.870. The van der Waals surface area contributed by atoms with Crippen LogP contribution >= 0.6 is 15.9 Å². The molecule has 0 bridgehead atoms. The number of hydrogen-bond donors (Lipinski definition) is 0. The summed E-state index contributed by atoms with van der Waals surface area (Å²) in [5.74, 6) is 0.691. The van der Waals surface area contributed by atoms with E-state index in [1.165, 1.54) is 65.0 Å². The van der Waals surface area contributed by atoms with Gasteiger partial charge in [0.2, 0.25) is 0 Å². The van der Waals surface area contributed by atoms with E-state index < -0.39 is 0 Å². The molecule has 118 valence electrons. The molecule has 0 radical (unpaired) electrons. The molecule has 1 unspecified atom stereocenters. The van der Waals surface area contributed by atoms with Gasteiger partial charge in [0, 0.05) is 16.5 Å². The SMILES string of the molecule is CC[C@@H]1CCCc2cc3c(cnn3C3CCCCO3)c(Br)c21. The zero-order valence-corrected chi connectivity index (χ0v) is 14.7. The van der Waals surface area contributed by atoms with Crippen molar-refractivity contribution in [2.75, 3.05) is 6.61 Å². The first-order valence-corrected chi connectivity index (χ1v) is 9.39. The Morgan fingerprint density at radius 1 is 1.32 bits per heavy atom. The summed E-state index contributed by atoms with van der Waals surface area (Å²) in [7, 11) is 0. The summed E-state index contributed by atoms with van der Waals surface area (Å²) < 4.78 is 9.32. The van der Waals surface area contributed by atoms with Crippen LogP contribution in [0.3, 0.4) is 0 Å². The first-order valence-electron chi connectivity index (χ1n) is 8.59. The highest BCUT2D eigenvalue weighted by atomic mass is 79.9. The number of nitrogens with zero attached hydrogens (tertiary/aromatic N) is 2. The highest BCUT2D eigenvalue weighted by Crippen LogP contribution is 2.42. The van der Waals surface area contributed by atoms with E-state index in [2.05, 4.69) is 38.7 Å². The van der Waals surface area contributed by atoms with E-state index in [0.29, 0.717) is 5.92 Å². The Labute approximate surface area is 140 Å². The molecule has 1 aromatic heterocycles. The van der Waals surface area contributed by atoms with Crippen LogP contribution in [0.15, 0.2) is 16.7 Å². The van der Waals surface area contributed by atoms with Gasteiger partial charge in [-0.1, -0.05) is 6.92 Å². The normalized spacial score (nSPS) is 25.4. The molecule has 2 atom stereocenters. The van der Waals surface area contributed by atoms with Gasteiger partial charge in [-0.05, 0) is 84.0 Å². The fraction of sp³-hybridized carbons (Fsp3) is 0.611. The first kappa shape index (κ1) is 14.7. The molecule has 1 aromatic carbocycles. The molecule has 22 heavy (non-hydrogen) atoms. The van der Waals surface area contributed by atoms with E-state index in [-0.39, 0.29) is 6.23 Å². The van der Waals surface area contributed by atoms with Crippen molar-refractivity contribution in [1.82, 2.24) is 9.78 Å². The molecule has 1 aliphatic heterocycles. The van der Waals surface area contributed by atoms with Crippen LogP contribution in [0.1, 0.15) is 68.7 Å². The van der Waals surface area contributed by atoms with E-state index in [1.807, 2.05) is 6.20 Å². The second-order valence-electron chi connectivity index (χ2n) is 6.60. The first-order chi connectivity index (χ1) is 10.8. The third kappa shape index (κ3) is 2.31. The summed E-state index contributed by atoms with van der Waals surface area (Å²) in [6, 6.07) is 2.38. The summed E-state index contributed by atoms with van der Waals surface area (Å²) in [6.07, 6.45) is 10.6. The van der Waals surface area contributed by atoms with Crippen molar-refractivity contribution in [2.24, 2.45) is 0 Å². The molecule has 0 amide bonds. The number of rotatable bonds is 2. The van der Waals surface area contributed by atoms with Crippen LogP contribution in [0, 0.1) is 0 Å². The van der Waals surface area contributed by atoms with E-state index in [4.69, 9.17) is 4.74 Å². The molecule has 2 heterocycles. The summed E-state index contributed by atoms with van der Waals surface area (Å²) in [5.41, 5.74) is 4.27. The van der Waals surface area contributed by atoms with Gasteiger partial charge in [0.1, 0.15) is 0 Å². The summed E-state index contributed by atoms with van der Waals surface area (Å²) in [6.45, 7) is 3.16. The van der Waals surface area contributed by atoms with Gasteiger partial charge < -0.3 is 4.74 Å². The lowest BCUT2D eigenvalue weighted by Crippen LogP contribution is -2.19. The van der Waals surface area contributed by atoms with Crippen molar-refractivity contribution in [2.45, 2.75) is 64.0 Å². The molecule has 4 rings (SSSR count). The van der Waals surface area contributed by atoms with Crippen molar-refractivity contribution in [3.8, 4) is 0 Å². The highest BCUT2D eigenvalue weighted by Gasteiger charge is 2.26. The number of halogens is 1. The van der Waals surface area contributed by atoms with Crippen molar-refractivity contribution in [3.05, 3.63) is 27.9 Å². The minimum atomic E-state index is 0.113. The number of aromatic nitrogens is 2. The van der Waals surface area contributed by atoms with Gasteiger partial charge in [0.25, 0.3) is 0 Å². The van der Waals surface area contributed by atoms with Gasteiger partial charge in [-0.3, -0.25) is 0 Å². The lowest BCUT2D eigenvalue weighted by atomic mass is 9.81. The maximum absolute atomic E-state index is 5.94. The van der Waals surface area contributed by atoms with E-state index in [1.54, 1.807) is 0 Å². The fourth-order valence-corrected chi connectivity index (χ4v) is 4.98. The maximum atomic E-state index is 5.94. The molecule has 1 aliphatic carbocycles. The molecule has 3 nitrogen and oxygen atoms in total. The number of aryl methyl sites for hydroxylation is 1. The molecule has 2 aliphatic rings. The summed E-state index contributed by atoms with van der Waals surface area (Å²) in [4.78, 5) is 0. The summed E-state index contributed by atoms with van der Waals surface area (Å²) >= 11 is 3.89.